The molecule has 0 aromatic heterocycles. The van der Waals surface area contributed by atoms with Crippen molar-refractivity contribution >= 4 is 12.4 Å². The van der Waals surface area contributed by atoms with Crippen LogP contribution in [0.2, 0.25) is 0 Å². The van der Waals surface area contributed by atoms with Crippen LogP contribution in [0.4, 0.5) is 8.78 Å². The molecule has 0 bridgehead atoms. The number of aliphatic hydroxyl groups is 1. The van der Waals surface area contributed by atoms with Crippen molar-refractivity contribution in [2.75, 3.05) is 0 Å². The third-order valence-electron chi connectivity index (χ3n) is 3.59. The van der Waals surface area contributed by atoms with Crippen LogP contribution >= 0.6 is 12.4 Å². The third-order valence-corrected chi connectivity index (χ3v) is 3.59. The third kappa shape index (κ3) is 2.99. The number of halogens is 3. The van der Waals surface area contributed by atoms with Gasteiger partial charge in [-0.1, -0.05) is 25.0 Å². The minimum atomic E-state index is -0.947. The van der Waals surface area contributed by atoms with Crippen LogP contribution in [-0.2, 0) is 0 Å². The van der Waals surface area contributed by atoms with Gasteiger partial charge in [-0.25, -0.2) is 8.78 Å². The van der Waals surface area contributed by atoms with Crippen molar-refractivity contribution in [2.45, 2.75) is 37.8 Å². The fourth-order valence-electron chi connectivity index (χ4n) is 2.55. The number of hydrogen-bond donors (Lipinski definition) is 2. The normalized spacial score (nSPS) is 19.3. The summed E-state index contributed by atoms with van der Waals surface area (Å²) in [7, 11) is 0. The summed E-state index contributed by atoms with van der Waals surface area (Å²) in [6.45, 7) is 0. The SMILES string of the molecule is Cl.N[C@@H](c1cccc(F)c1F)[C@H](O)C1CCCC1. The molecule has 5 heteroatoms. The second kappa shape index (κ2) is 6.45. The Morgan fingerprint density at radius 1 is 1.22 bits per heavy atom. The van der Waals surface area contributed by atoms with Crippen LogP contribution in [-0.4, -0.2) is 11.2 Å². The van der Waals surface area contributed by atoms with Crippen LogP contribution in [0.3, 0.4) is 0 Å². The molecule has 1 aromatic carbocycles. The fraction of sp³-hybridized carbons (Fsp3) is 0.538. The predicted molar refractivity (Wildman–Crippen MR) is 68.5 cm³/mol. The van der Waals surface area contributed by atoms with E-state index >= 15 is 0 Å². The topological polar surface area (TPSA) is 46.2 Å². The first kappa shape index (κ1) is 15.3. The van der Waals surface area contributed by atoms with E-state index in [4.69, 9.17) is 5.73 Å². The van der Waals surface area contributed by atoms with Crippen LogP contribution in [0.1, 0.15) is 37.3 Å². The van der Waals surface area contributed by atoms with Crippen LogP contribution in [0.25, 0.3) is 0 Å². The van der Waals surface area contributed by atoms with E-state index in [1.165, 1.54) is 12.1 Å². The van der Waals surface area contributed by atoms with Crippen molar-refractivity contribution in [1.29, 1.82) is 0 Å². The van der Waals surface area contributed by atoms with E-state index in [0.717, 1.165) is 31.7 Å². The minimum absolute atomic E-state index is 0. The molecule has 102 valence electrons. The molecule has 0 saturated heterocycles. The number of benzene rings is 1. The van der Waals surface area contributed by atoms with Crippen molar-refractivity contribution in [3.63, 3.8) is 0 Å². The van der Waals surface area contributed by atoms with Crippen LogP contribution in [0, 0.1) is 17.6 Å². The van der Waals surface area contributed by atoms with Crippen molar-refractivity contribution in [2.24, 2.45) is 11.7 Å². The van der Waals surface area contributed by atoms with Crippen molar-refractivity contribution in [1.82, 2.24) is 0 Å². The summed E-state index contributed by atoms with van der Waals surface area (Å²) in [5, 5.41) is 10.1. The second-order valence-corrected chi connectivity index (χ2v) is 4.70. The van der Waals surface area contributed by atoms with E-state index in [1.54, 1.807) is 0 Å². The Morgan fingerprint density at radius 2 is 1.83 bits per heavy atom. The van der Waals surface area contributed by atoms with Crippen LogP contribution < -0.4 is 5.73 Å². The lowest BCUT2D eigenvalue weighted by Gasteiger charge is -2.24. The van der Waals surface area contributed by atoms with E-state index in [1.807, 2.05) is 0 Å². The van der Waals surface area contributed by atoms with Crippen LogP contribution in [0.15, 0.2) is 18.2 Å². The number of hydrogen-bond acceptors (Lipinski definition) is 2. The zero-order chi connectivity index (χ0) is 12.4. The molecular formula is C13H18ClF2NO. The lowest BCUT2D eigenvalue weighted by atomic mass is 9.90. The van der Waals surface area contributed by atoms with Gasteiger partial charge in [-0.05, 0) is 24.8 Å². The molecule has 0 aliphatic heterocycles. The molecule has 1 aromatic rings. The highest BCUT2D eigenvalue weighted by Crippen LogP contribution is 2.33. The van der Waals surface area contributed by atoms with E-state index in [-0.39, 0.29) is 23.9 Å². The quantitative estimate of drug-likeness (QED) is 0.892. The molecule has 18 heavy (non-hydrogen) atoms. The largest absolute Gasteiger partial charge is 0.391 e. The molecule has 0 radical (unpaired) electrons. The van der Waals surface area contributed by atoms with E-state index in [0.29, 0.717) is 0 Å². The number of aliphatic hydroxyl groups excluding tert-OH is 1. The highest BCUT2D eigenvalue weighted by molar-refractivity contribution is 5.85. The van der Waals surface area contributed by atoms with Gasteiger partial charge in [0.15, 0.2) is 11.6 Å². The zero-order valence-electron chi connectivity index (χ0n) is 9.98. The zero-order valence-corrected chi connectivity index (χ0v) is 10.8. The molecule has 1 fully saturated rings. The Morgan fingerprint density at radius 3 is 2.44 bits per heavy atom. The van der Waals surface area contributed by atoms with Gasteiger partial charge >= 0.3 is 0 Å². The first-order valence-electron chi connectivity index (χ1n) is 5.99. The van der Waals surface area contributed by atoms with Crippen molar-refractivity contribution in [3.05, 3.63) is 35.4 Å². The van der Waals surface area contributed by atoms with Crippen molar-refractivity contribution < 1.29 is 13.9 Å². The molecule has 0 heterocycles. The van der Waals surface area contributed by atoms with Gasteiger partial charge in [-0.3, -0.25) is 0 Å². The summed E-state index contributed by atoms with van der Waals surface area (Å²) in [6.07, 6.45) is 3.16. The molecule has 0 unspecified atom stereocenters. The average Bonchev–Trinajstić information content (AvgIpc) is 2.84. The number of rotatable bonds is 3. The highest BCUT2D eigenvalue weighted by atomic mass is 35.5. The molecule has 3 N–H and O–H groups in total. The Balaban J connectivity index is 0.00000162. The minimum Gasteiger partial charge on any atom is -0.391 e. The maximum absolute atomic E-state index is 13.5. The lowest BCUT2D eigenvalue weighted by Crippen LogP contribution is -2.32. The van der Waals surface area contributed by atoms with Crippen LogP contribution in [0.5, 0.6) is 0 Å². The Kier molecular flexibility index (Phi) is 5.50. The van der Waals surface area contributed by atoms with Gasteiger partial charge in [0.25, 0.3) is 0 Å². The molecule has 1 saturated carbocycles. The van der Waals surface area contributed by atoms with Gasteiger partial charge in [0, 0.05) is 5.56 Å². The second-order valence-electron chi connectivity index (χ2n) is 4.70. The standard InChI is InChI=1S/C13H17F2NO.ClH/c14-10-7-3-6-9(11(10)15)12(16)13(17)8-4-1-2-5-8;/h3,6-8,12-13,17H,1-2,4-5,16H2;1H/t12-,13+;/m0./s1. The summed E-state index contributed by atoms with van der Waals surface area (Å²) in [6, 6.07) is 3.04. The molecule has 1 aliphatic carbocycles. The maximum Gasteiger partial charge on any atom is 0.163 e. The van der Waals surface area contributed by atoms with E-state index in [9.17, 15) is 13.9 Å². The molecule has 2 rings (SSSR count). The summed E-state index contributed by atoms with van der Waals surface area (Å²) >= 11 is 0. The highest BCUT2D eigenvalue weighted by Gasteiger charge is 2.30. The molecular weight excluding hydrogens is 260 g/mol. The summed E-state index contributed by atoms with van der Waals surface area (Å²) in [4.78, 5) is 0. The molecule has 1 aliphatic rings. The Bertz CT molecular complexity index is 397. The van der Waals surface area contributed by atoms with Gasteiger partial charge in [0.1, 0.15) is 0 Å². The molecule has 0 amide bonds. The Hall–Kier alpha value is -0.710. The van der Waals surface area contributed by atoms with Gasteiger partial charge in [-0.15, -0.1) is 12.4 Å². The Labute approximate surface area is 112 Å². The lowest BCUT2D eigenvalue weighted by molar-refractivity contribution is 0.0830. The van der Waals surface area contributed by atoms with Crippen molar-refractivity contribution in [3.8, 4) is 0 Å². The van der Waals surface area contributed by atoms with Gasteiger partial charge in [0.05, 0.1) is 12.1 Å². The smallest absolute Gasteiger partial charge is 0.163 e. The molecule has 2 atom stereocenters. The van der Waals surface area contributed by atoms with Gasteiger partial charge in [0.2, 0.25) is 0 Å². The number of nitrogens with two attached hydrogens (primary N) is 1. The van der Waals surface area contributed by atoms with Gasteiger partial charge in [-0.2, -0.15) is 0 Å². The van der Waals surface area contributed by atoms with E-state index < -0.39 is 23.8 Å². The summed E-state index contributed by atoms with van der Waals surface area (Å²) < 4.78 is 26.6. The monoisotopic (exact) mass is 277 g/mol. The van der Waals surface area contributed by atoms with Gasteiger partial charge < -0.3 is 10.8 Å². The first-order chi connectivity index (χ1) is 8.11. The molecule has 2 nitrogen and oxygen atoms in total. The maximum atomic E-state index is 13.5. The molecule has 0 spiro atoms. The average molecular weight is 278 g/mol. The first-order valence-corrected chi connectivity index (χ1v) is 5.99. The predicted octanol–water partition coefficient (Wildman–Crippen LogP) is 2.94. The fourth-order valence-corrected chi connectivity index (χ4v) is 2.55. The summed E-state index contributed by atoms with van der Waals surface area (Å²) in [5.74, 6) is -1.76. The van der Waals surface area contributed by atoms with E-state index in [2.05, 4.69) is 0 Å². The summed E-state index contributed by atoms with van der Waals surface area (Å²) in [5.41, 5.74) is 5.89.